The molecular weight excluding hydrogens is 168 g/mol. The monoisotopic (exact) mass is 188 g/mol. The Morgan fingerprint density at radius 2 is 2.50 bits per heavy atom. The molecule has 0 bridgehead atoms. The van der Waals surface area contributed by atoms with Crippen LogP contribution in [0.5, 0.6) is 0 Å². The largest absolute Gasteiger partial charge is 0.327 e. The lowest BCUT2D eigenvalue weighted by atomic mass is 10.3. The summed E-state index contributed by atoms with van der Waals surface area (Å²) >= 11 is 2.00. The van der Waals surface area contributed by atoms with Gasteiger partial charge in [0, 0.05) is 23.6 Å². The summed E-state index contributed by atoms with van der Waals surface area (Å²) in [7, 11) is 0. The van der Waals surface area contributed by atoms with Crippen molar-refractivity contribution in [1.82, 2.24) is 5.32 Å². The Bertz CT molecular complexity index is 113. The predicted molar refractivity (Wildman–Crippen MR) is 56.6 cm³/mol. The molecule has 0 aromatic heterocycles. The van der Waals surface area contributed by atoms with Gasteiger partial charge in [-0.3, -0.25) is 0 Å². The highest BCUT2D eigenvalue weighted by molar-refractivity contribution is 7.99. The Morgan fingerprint density at radius 1 is 1.67 bits per heavy atom. The molecule has 1 heterocycles. The number of thioether (sulfide) groups is 1. The number of hydrogen-bond acceptors (Lipinski definition) is 3. The summed E-state index contributed by atoms with van der Waals surface area (Å²) in [6.45, 7) is 3.37. The van der Waals surface area contributed by atoms with Crippen molar-refractivity contribution in [2.24, 2.45) is 5.73 Å². The zero-order valence-corrected chi connectivity index (χ0v) is 8.70. The highest BCUT2D eigenvalue weighted by atomic mass is 32.2. The quantitative estimate of drug-likeness (QED) is 0.681. The molecule has 1 fully saturated rings. The molecule has 0 saturated carbocycles. The number of rotatable bonds is 5. The number of nitrogens with two attached hydrogens (primary N) is 1. The molecule has 0 amide bonds. The van der Waals surface area contributed by atoms with Crippen molar-refractivity contribution in [3.8, 4) is 0 Å². The van der Waals surface area contributed by atoms with Crippen molar-refractivity contribution in [3.05, 3.63) is 0 Å². The number of nitrogens with one attached hydrogen (secondary N) is 1. The SMILES string of the molecule is CCC(N)CSC[C@H]1CCCN1. The van der Waals surface area contributed by atoms with Crippen LogP contribution in [0.2, 0.25) is 0 Å². The van der Waals surface area contributed by atoms with E-state index >= 15 is 0 Å². The van der Waals surface area contributed by atoms with Crippen LogP contribution in [0.1, 0.15) is 26.2 Å². The molecule has 3 heteroatoms. The fourth-order valence-electron chi connectivity index (χ4n) is 1.38. The summed E-state index contributed by atoms with van der Waals surface area (Å²) in [6.07, 6.45) is 3.81. The average molecular weight is 188 g/mol. The fourth-order valence-corrected chi connectivity index (χ4v) is 2.62. The molecule has 1 aliphatic heterocycles. The summed E-state index contributed by atoms with van der Waals surface area (Å²) in [5.74, 6) is 2.36. The molecule has 0 aromatic carbocycles. The van der Waals surface area contributed by atoms with Crippen molar-refractivity contribution < 1.29 is 0 Å². The Hall–Kier alpha value is 0.270. The maximum absolute atomic E-state index is 5.82. The zero-order valence-electron chi connectivity index (χ0n) is 7.88. The van der Waals surface area contributed by atoms with Gasteiger partial charge in [0.2, 0.25) is 0 Å². The third-order valence-corrected chi connectivity index (χ3v) is 3.64. The summed E-state index contributed by atoms with van der Waals surface area (Å²) < 4.78 is 0. The van der Waals surface area contributed by atoms with Gasteiger partial charge in [-0.15, -0.1) is 0 Å². The van der Waals surface area contributed by atoms with Crippen LogP contribution in [-0.4, -0.2) is 30.1 Å². The van der Waals surface area contributed by atoms with E-state index in [1.807, 2.05) is 11.8 Å². The van der Waals surface area contributed by atoms with Crippen LogP contribution in [0, 0.1) is 0 Å². The van der Waals surface area contributed by atoms with Crippen molar-refractivity contribution in [3.63, 3.8) is 0 Å². The van der Waals surface area contributed by atoms with Crippen LogP contribution >= 0.6 is 11.8 Å². The van der Waals surface area contributed by atoms with E-state index in [4.69, 9.17) is 5.73 Å². The minimum Gasteiger partial charge on any atom is -0.327 e. The van der Waals surface area contributed by atoms with Gasteiger partial charge in [-0.2, -0.15) is 11.8 Å². The van der Waals surface area contributed by atoms with E-state index in [0.29, 0.717) is 6.04 Å². The van der Waals surface area contributed by atoms with Gasteiger partial charge in [-0.25, -0.2) is 0 Å². The van der Waals surface area contributed by atoms with Crippen LogP contribution in [0.25, 0.3) is 0 Å². The maximum atomic E-state index is 5.82. The minimum atomic E-state index is 0.399. The van der Waals surface area contributed by atoms with Gasteiger partial charge in [0.15, 0.2) is 0 Å². The van der Waals surface area contributed by atoms with Gasteiger partial charge < -0.3 is 11.1 Å². The van der Waals surface area contributed by atoms with Crippen LogP contribution in [0.15, 0.2) is 0 Å². The Balaban J connectivity index is 1.94. The van der Waals surface area contributed by atoms with Gasteiger partial charge in [0.1, 0.15) is 0 Å². The van der Waals surface area contributed by atoms with E-state index in [9.17, 15) is 0 Å². The lowest BCUT2D eigenvalue weighted by Crippen LogP contribution is -2.26. The van der Waals surface area contributed by atoms with Crippen LogP contribution in [0.3, 0.4) is 0 Å². The van der Waals surface area contributed by atoms with E-state index in [1.165, 1.54) is 25.1 Å². The molecular formula is C9H20N2S. The van der Waals surface area contributed by atoms with Crippen LogP contribution in [0.4, 0.5) is 0 Å². The molecule has 1 aliphatic rings. The third-order valence-electron chi connectivity index (χ3n) is 2.34. The fraction of sp³-hybridized carbons (Fsp3) is 1.00. The average Bonchev–Trinajstić information content (AvgIpc) is 2.57. The van der Waals surface area contributed by atoms with Gasteiger partial charge in [0.25, 0.3) is 0 Å². The van der Waals surface area contributed by atoms with E-state index in [2.05, 4.69) is 12.2 Å². The Kier molecular flexibility index (Phi) is 5.04. The van der Waals surface area contributed by atoms with E-state index in [-0.39, 0.29) is 0 Å². The third kappa shape index (κ3) is 3.78. The van der Waals surface area contributed by atoms with Gasteiger partial charge >= 0.3 is 0 Å². The first-order valence-corrected chi connectivity index (χ1v) is 6.05. The first kappa shape index (κ1) is 10.4. The molecule has 0 spiro atoms. The first-order chi connectivity index (χ1) is 5.83. The molecule has 1 rings (SSSR count). The van der Waals surface area contributed by atoms with E-state index < -0.39 is 0 Å². The van der Waals surface area contributed by atoms with Crippen LogP contribution < -0.4 is 11.1 Å². The molecule has 1 unspecified atom stereocenters. The number of hydrogen-bond donors (Lipinski definition) is 2. The highest BCUT2D eigenvalue weighted by Crippen LogP contribution is 2.12. The molecule has 0 radical (unpaired) electrons. The summed E-state index contributed by atoms with van der Waals surface area (Å²) in [5.41, 5.74) is 5.82. The standard InChI is InChI=1S/C9H20N2S/c1-2-8(10)6-12-7-9-4-3-5-11-9/h8-9,11H,2-7,10H2,1H3/t8?,9-/m1/s1. The summed E-state index contributed by atoms with van der Waals surface area (Å²) in [6, 6.07) is 1.16. The molecule has 2 atom stereocenters. The predicted octanol–water partition coefficient (Wildman–Crippen LogP) is 1.21. The second-order valence-electron chi connectivity index (χ2n) is 3.50. The smallest absolute Gasteiger partial charge is 0.0158 e. The summed E-state index contributed by atoms with van der Waals surface area (Å²) in [5, 5.41) is 3.49. The highest BCUT2D eigenvalue weighted by Gasteiger charge is 2.13. The molecule has 1 saturated heterocycles. The Morgan fingerprint density at radius 3 is 3.08 bits per heavy atom. The van der Waals surface area contributed by atoms with E-state index in [1.54, 1.807) is 0 Å². The zero-order chi connectivity index (χ0) is 8.81. The second kappa shape index (κ2) is 5.84. The maximum Gasteiger partial charge on any atom is 0.0158 e. The summed E-state index contributed by atoms with van der Waals surface area (Å²) in [4.78, 5) is 0. The molecule has 72 valence electrons. The van der Waals surface area contributed by atoms with Crippen LogP contribution in [-0.2, 0) is 0 Å². The van der Waals surface area contributed by atoms with Crippen molar-refractivity contribution in [1.29, 1.82) is 0 Å². The first-order valence-electron chi connectivity index (χ1n) is 4.89. The topological polar surface area (TPSA) is 38.0 Å². The molecule has 0 aromatic rings. The second-order valence-corrected chi connectivity index (χ2v) is 4.57. The van der Waals surface area contributed by atoms with Gasteiger partial charge in [0.05, 0.1) is 0 Å². The molecule has 0 aliphatic carbocycles. The van der Waals surface area contributed by atoms with Crippen molar-refractivity contribution in [2.45, 2.75) is 38.3 Å². The lowest BCUT2D eigenvalue weighted by molar-refractivity contribution is 0.670. The molecule has 12 heavy (non-hydrogen) atoms. The van der Waals surface area contributed by atoms with Crippen molar-refractivity contribution >= 4 is 11.8 Å². The lowest BCUT2D eigenvalue weighted by Gasteiger charge is -2.11. The van der Waals surface area contributed by atoms with E-state index in [0.717, 1.165) is 18.2 Å². The van der Waals surface area contributed by atoms with Crippen molar-refractivity contribution in [2.75, 3.05) is 18.1 Å². The minimum absolute atomic E-state index is 0.399. The van der Waals surface area contributed by atoms with Gasteiger partial charge in [-0.1, -0.05) is 6.92 Å². The molecule has 2 nitrogen and oxygen atoms in total. The normalized spacial score (nSPS) is 26.0. The molecule has 3 N–H and O–H groups in total. The Labute approximate surface area is 79.7 Å². The van der Waals surface area contributed by atoms with Gasteiger partial charge in [-0.05, 0) is 25.8 Å².